The highest BCUT2D eigenvalue weighted by atomic mass is 32.2. The third-order valence-corrected chi connectivity index (χ3v) is 11.2. The number of rotatable bonds is 4. The zero-order valence-electron chi connectivity index (χ0n) is 23.8. The van der Waals surface area contributed by atoms with E-state index >= 15 is 0 Å². The minimum absolute atomic E-state index is 0.291. The molecule has 0 aromatic heterocycles. The van der Waals surface area contributed by atoms with Crippen molar-refractivity contribution in [1.29, 1.82) is 0 Å². The summed E-state index contributed by atoms with van der Waals surface area (Å²) >= 11 is 0. The van der Waals surface area contributed by atoms with Gasteiger partial charge in [0.25, 0.3) is 0 Å². The van der Waals surface area contributed by atoms with Crippen LogP contribution in [0.15, 0.2) is 97.1 Å². The van der Waals surface area contributed by atoms with Crippen molar-refractivity contribution in [1.82, 2.24) is 8.61 Å². The summed E-state index contributed by atoms with van der Waals surface area (Å²) < 4.78 is 63.1. The molecule has 4 aliphatic heterocycles. The van der Waals surface area contributed by atoms with Gasteiger partial charge in [-0.15, -0.1) is 8.61 Å². The van der Waals surface area contributed by atoms with Crippen LogP contribution in [0.2, 0.25) is 0 Å². The van der Waals surface area contributed by atoms with Crippen molar-refractivity contribution in [3.8, 4) is 11.5 Å². The van der Waals surface area contributed by atoms with Crippen LogP contribution in [0.25, 0.3) is 0 Å². The largest absolute Gasteiger partial charge is 0.481 e. The Kier molecular flexibility index (Phi) is 7.12. The number of benzene rings is 4. The van der Waals surface area contributed by atoms with Gasteiger partial charge in [-0.1, -0.05) is 84.9 Å². The summed E-state index contributed by atoms with van der Waals surface area (Å²) in [5, 5.41) is 18.4. The number of hydrogen-bond donors (Lipinski definition) is 2. The molecular weight excluding hydrogens is 636 g/mol. The first kappa shape index (κ1) is 29.9. The van der Waals surface area contributed by atoms with Crippen molar-refractivity contribution in [2.75, 3.05) is 0 Å². The molecule has 8 rings (SSSR count). The summed E-state index contributed by atoms with van der Waals surface area (Å²) in [4.78, 5) is 22.5. The molecule has 0 amide bonds. The van der Waals surface area contributed by atoms with Gasteiger partial charge in [0, 0.05) is 11.1 Å². The highest BCUT2D eigenvalue weighted by molar-refractivity contribution is 7.85. The zero-order chi connectivity index (χ0) is 32.4. The first-order valence-electron chi connectivity index (χ1n) is 14.2. The summed E-state index contributed by atoms with van der Waals surface area (Å²) in [5.41, 5.74) is 4.48. The molecule has 4 atom stereocenters. The van der Waals surface area contributed by atoms with Gasteiger partial charge in [0.05, 0.1) is 37.0 Å². The molecule has 2 N–H and O–H groups in total. The molecule has 0 fully saturated rings. The molecule has 46 heavy (non-hydrogen) atoms. The first-order chi connectivity index (χ1) is 22.0. The Hall–Kier alpha value is -4.76. The zero-order valence-corrected chi connectivity index (χ0v) is 25.5. The second-order valence-corrected chi connectivity index (χ2v) is 14.0. The van der Waals surface area contributed by atoms with E-state index in [1.165, 1.54) is 8.61 Å². The van der Waals surface area contributed by atoms with Crippen molar-refractivity contribution in [3.63, 3.8) is 0 Å². The quantitative estimate of drug-likeness (QED) is 0.318. The average molecular weight is 663 g/mol. The van der Waals surface area contributed by atoms with Crippen molar-refractivity contribution in [2.45, 2.75) is 37.0 Å². The molecule has 4 aromatic carbocycles. The highest BCUT2D eigenvalue weighted by Crippen LogP contribution is 2.54. The number of hydrogen-bond acceptors (Lipinski definition) is 8. The van der Waals surface area contributed by atoms with E-state index in [1.54, 1.807) is 48.5 Å². The summed E-state index contributed by atoms with van der Waals surface area (Å²) in [6.07, 6.45) is -0.615. The normalized spacial score (nSPS) is 24.2. The van der Waals surface area contributed by atoms with E-state index in [4.69, 9.17) is 8.37 Å². The number of aliphatic carboxylic acids is 2. The standard InChI is InChI=1S/2C16H13NO5S/c2*18-15(19)9-13-10-5-1-2-6-11(10)16-12-7-3-4-8-14(12)22-23(20,21)17(13)16/h2*1-8,13,16H,9H2,(H,18,19)/t2*13-,16+/m00/s1. The van der Waals surface area contributed by atoms with Gasteiger partial charge in [0.2, 0.25) is 0 Å². The fourth-order valence-electron chi connectivity index (χ4n) is 6.82. The van der Waals surface area contributed by atoms with Crippen molar-refractivity contribution in [2.24, 2.45) is 0 Å². The number of carbonyl (C=O) groups is 2. The lowest BCUT2D eigenvalue weighted by Crippen LogP contribution is -2.40. The summed E-state index contributed by atoms with van der Waals surface area (Å²) in [5.74, 6) is -1.53. The second-order valence-electron chi connectivity index (χ2n) is 11.1. The van der Waals surface area contributed by atoms with Gasteiger partial charge in [-0.2, -0.15) is 16.8 Å². The molecule has 4 heterocycles. The van der Waals surface area contributed by atoms with Gasteiger partial charge in [0.1, 0.15) is 11.5 Å². The maximum atomic E-state index is 12.6. The summed E-state index contributed by atoms with van der Waals surface area (Å²) in [7, 11) is -8.13. The lowest BCUT2D eigenvalue weighted by molar-refractivity contribution is -0.139. The number of para-hydroxylation sites is 2. The van der Waals surface area contributed by atoms with Gasteiger partial charge in [-0.25, -0.2) is 0 Å². The van der Waals surface area contributed by atoms with Crippen molar-refractivity contribution < 1.29 is 45.0 Å². The van der Waals surface area contributed by atoms with Crippen LogP contribution in [0.5, 0.6) is 11.5 Å². The second kappa shape index (κ2) is 10.9. The van der Waals surface area contributed by atoms with Gasteiger partial charge >= 0.3 is 32.5 Å². The molecule has 0 saturated carbocycles. The predicted molar refractivity (Wildman–Crippen MR) is 162 cm³/mol. The van der Waals surface area contributed by atoms with Crippen LogP contribution in [-0.4, -0.2) is 47.6 Å². The molecule has 14 heteroatoms. The van der Waals surface area contributed by atoms with Crippen LogP contribution in [0.4, 0.5) is 0 Å². The minimum atomic E-state index is -4.07. The molecule has 0 spiro atoms. The van der Waals surface area contributed by atoms with E-state index in [0.29, 0.717) is 22.6 Å². The number of nitrogens with zero attached hydrogens (tertiary/aromatic N) is 2. The number of carboxylic acid groups (broad SMARTS) is 2. The van der Waals surface area contributed by atoms with Crippen molar-refractivity contribution >= 4 is 32.5 Å². The SMILES string of the molecule is O=C(O)C[C@H]1c2ccccc2[C@@H]2c3ccccc3OS(=O)(=O)N21.O=C(O)C[C@H]1c2ccccc2[C@@H]2c3ccccc3OS(=O)(=O)N21. The molecule has 4 aromatic rings. The van der Waals surface area contributed by atoms with Crippen LogP contribution >= 0.6 is 0 Å². The highest BCUT2D eigenvalue weighted by Gasteiger charge is 2.52. The van der Waals surface area contributed by atoms with E-state index in [9.17, 15) is 36.6 Å². The smallest absolute Gasteiger partial charge is 0.386 e. The molecule has 0 radical (unpaired) electrons. The minimum Gasteiger partial charge on any atom is -0.481 e. The fourth-order valence-corrected chi connectivity index (χ4v) is 9.72. The third-order valence-electron chi connectivity index (χ3n) is 8.49. The molecule has 4 aliphatic rings. The Bertz CT molecular complexity index is 1970. The molecule has 0 unspecified atom stereocenters. The van der Waals surface area contributed by atoms with E-state index in [1.807, 2.05) is 48.5 Å². The summed E-state index contributed by atoms with van der Waals surface area (Å²) in [6.45, 7) is 0. The van der Waals surface area contributed by atoms with Gasteiger partial charge in [-0.05, 0) is 34.4 Å². The van der Waals surface area contributed by atoms with E-state index in [0.717, 1.165) is 22.3 Å². The molecule has 12 nitrogen and oxygen atoms in total. The van der Waals surface area contributed by atoms with Gasteiger partial charge in [0.15, 0.2) is 0 Å². The number of fused-ring (bicyclic) bond motifs is 10. The predicted octanol–water partition coefficient (Wildman–Crippen LogP) is 4.49. The Morgan fingerprint density at radius 2 is 0.826 bits per heavy atom. The van der Waals surface area contributed by atoms with Gasteiger partial charge in [-0.3, -0.25) is 9.59 Å². The third kappa shape index (κ3) is 4.81. The lowest BCUT2D eigenvalue weighted by Gasteiger charge is -2.33. The Morgan fingerprint density at radius 3 is 1.17 bits per heavy atom. The Labute approximate surface area is 264 Å². The Morgan fingerprint density at radius 1 is 0.522 bits per heavy atom. The molecule has 0 saturated heterocycles. The first-order valence-corrected chi connectivity index (χ1v) is 17.0. The Balaban J connectivity index is 0.000000147. The number of carboxylic acids is 2. The van der Waals surface area contributed by atoms with E-state index < -0.39 is 56.7 Å². The molecule has 0 bridgehead atoms. The average Bonchev–Trinajstić information content (AvgIpc) is 3.52. The molecular formula is C32H26N2O10S2. The van der Waals surface area contributed by atoms with Crippen molar-refractivity contribution in [3.05, 3.63) is 130 Å². The van der Waals surface area contributed by atoms with E-state index in [-0.39, 0.29) is 12.8 Å². The maximum Gasteiger partial charge on any atom is 0.386 e. The van der Waals surface area contributed by atoms with Crippen LogP contribution in [-0.2, 0) is 30.2 Å². The fraction of sp³-hybridized carbons (Fsp3) is 0.188. The molecule has 0 aliphatic carbocycles. The van der Waals surface area contributed by atoms with Crippen LogP contribution in [0.1, 0.15) is 70.4 Å². The topological polar surface area (TPSA) is 168 Å². The molecule has 236 valence electrons. The lowest BCUT2D eigenvalue weighted by atomic mass is 9.96. The summed E-state index contributed by atoms with van der Waals surface area (Å²) in [6, 6.07) is 25.7. The van der Waals surface area contributed by atoms with Crippen LogP contribution < -0.4 is 8.37 Å². The van der Waals surface area contributed by atoms with Crippen LogP contribution in [0, 0.1) is 0 Å². The van der Waals surface area contributed by atoms with Gasteiger partial charge < -0.3 is 18.6 Å². The van der Waals surface area contributed by atoms with E-state index in [2.05, 4.69) is 0 Å². The monoisotopic (exact) mass is 662 g/mol. The maximum absolute atomic E-state index is 12.6. The van der Waals surface area contributed by atoms with Crippen LogP contribution in [0.3, 0.4) is 0 Å².